The molecule has 7 heteroatoms. The molecule has 2 N–H and O–H groups in total. The summed E-state index contributed by atoms with van der Waals surface area (Å²) in [6, 6.07) is 3.04. The van der Waals surface area contributed by atoms with Crippen molar-refractivity contribution in [3.05, 3.63) is 28.0 Å². The Labute approximate surface area is 127 Å². The van der Waals surface area contributed by atoms with Gasteiger partial charge in [0, 0.05) is 13.0 Å². The molecular weight excluding hydrogens is 303 g/mol. The largest absolute Gasteiger partial charge is 0.481 e. The summed E-state index contributed by atoms with van der Waals surface area (Å²) in [6.07, 6.45) is 3.37. The molecule has 0 unspecified atom stereocenters. The average molecular weight is 319 g/mol. The molecule has 1 aromatic heterocycles. The molecule has 1 amide bonds. The summed E-state index contributed by atoms with van der Waals surface area (Å²) in [6.45, 7) is 0.519. The molecule has 1 heterocycles. The molecule has 1 aromatic rings. The van der Waals surface area contributed by atoms with Crippen molar-refractivity contribution in [2.24, 2.45) is 0 Å². The maximum absolute atomic E-state index is 11.8. The quantitative estimate of drug-likeness (QED) is 0.570. The van der Waals surface area contributed by atoms with E-state index in [1.807, 2.05) is 0 Å². The summed E-state index contributed by atoms with van der Waals surface area (Å²) < 4.78 is 0. The predicted octanol–water partition coefficient (Wildman–Crippen LogP) is 3.15. The number of hydrogen-bond acceptors (Lipinski definition) is 3. The number of aromatic nitrogens is 1. The number of pyridine rings is 1. The summed E-state index contributed by atoms with van der Waals surface area (Å²) in [7, 11) is 0. The highest BCUT2D eigenvalue weighted by atomic mass is 35.5. The van der Waals surface area contributed by atoms with Crippen LogP contribution in [0.15, 0.2) is 12.1 Å². The van der Waals surface area contributed by atoms with Gasteiger partial charge in [-0.05, 0) is 25.0 Å². The fourth-order valence-corrected chi connectivity index (χ4v) is 2.06. The lowest BCUT2D eigenvalue weighted by Gasteiger charge is -2.06. The fraction of sp³-hybridized carbons (Fsp3) is 0.462. The van der Waals surface area contributed by atoms with Gasteiger partial charge in [-0.2, -0.15) is 0 Å². The van der Waals surface area contributed by atoms with Crippen LogP contribution in [0.3, 0.4) is 0 Å². The second-order valence-corrected chi connectivity index (χ2v) is 5.03. The highest BCUT2D eigenvalue weighted by Crippen LogP contribution is 2.16. The summed E-state index contributed by atoms with van der Waals surface area (Å²) in [5.41, 5.74) is 0.293. The number of hydrogen-bond donors (Lipinski definition) is 2. The Hall–Kier alpha value is -1.33. The van der Waals surface area contributed by atoms with Crippen molar-refractivity contribution in [1.82, 2.24) is 10.3 Å². The van der Waals surface area contributed by atoms with E-state index in [9.17, 15) is 9.59 Å². The van der Waals surface area contributed by atoms with Gasteiger partial charge in [-0.1, -0.05) is 36.0 Å². The second kappa shape index (κ2) is 8.76. The molecule has 0 spiro atoms. The average Bonchev–Trinajstić information content (AvgIpc) is 2.37. The number of carbonyl (C=O) groups excluding carboxylic acids is 1. The van der Waals surface area contributed by atoms with Crippen LogP contribution >= 0.6 is 23.2 Å². The summed E-state index contributed by atoms with van der Waals surface area (Å²) in [5.74, 6) is -1.06. The van der Waals surface area contributed by atoms with Gasteiger partial charge in [0.25, 0.3) is 5.91 Å². The van der Waals surface area contributed by atoms with Crippen LogP contribution in [-0.2, 0) is 4.79 Å². The first-order valence-electron chi connectivity index (χ1n) is 6.32. The Kier molecular flexibility index (Phi) is 7.33. The highest BCUT2D eigenvalue weighted by Gasteiger charge is 2.11. The van der Waals surface area contributed by atoms with Gasteiger partial charge in [-0.3, -0.25) is 9.59 Å². The monoisotopic (exact) mass is 318 g/mol. The number of carboxylic acid groups (broad SMARTS) is 1. The van der Waals surface area contributed by atoms with Gasteiger partial charge in [0.15, 0.2) is 0 Å². The van der Waals surface area contributed by atoms with Crippen LogP contribution in [0.2, 0.25) is 10.3 Å². The molecular formula is C13H16Cl2N2O3. The predicted molar refractivity (Wildman–Crippen MR) is 77.3 cm³/mol. The lowest BCUT2D eigenvalue weighted by atomic mass is 10.1. The molecule has 0 aliphatic carbocycles. The number of halogens is 2. The van der Waals surface area contributed by atoms with Crippen LogP contribution in [0.25, 0.3) is 0 Å². The molecule has 0 bridgehead atoms. The van der Waals surface area contributed by atoms with Gasteiger partial charge >= 0.3 is 5.97 Å². The number of carboxylic acids is 1. The lowest BCUT2D eigenvalue weighted by Crippen LogP contribution is -2.24. The molecule has 0 fully saturated rings. The highest BCUT2D eigenvalue weighted by molar-refractivity contribution is 6.34. The van der Waals surface area contributed by atoms with Crippen LogP contribution < -0.4 is 5.32 Å². The molecule has 5 nitrogen and oxygen atoms in total. The molecule has 0 radical (unpaired) electrons. The van der Waals surface area contributed by atoms with E-state index in [0.29, 0.717) is 18.5 Å². The van der Waals surface area contributed by atoms with Gasteiger partial charge in [-0.15, -0.1) is 0 Å². The Morgan fingerprint density at radius 2 is 1.85 bits per heavy atom. The van der Waals surface area contributed by atoms with E-state index in [0.717, 1.165) is 19.3 Å². The van der Waals surface area contributed by atoms with Gasteiger partial charge in [-0.25, -0.2) is 4.98 Å². The second-order valence-electron chi connectivity index (χ2n) is 4.29. The maximum Gasteiger partial charge on any atom is 0.303 e. The molecule has 0 atom stereocenters. The zero-order chi connectivity index (χ0) is 15.0. The lowest BCUT2D eigenvalue weighted by molar-refractivity contribution is -0.137. The molecule has 0 aliphatic heterocycles. The molecule has 20 heavy (non-hydrogen) atoms. The minimum Gasteiger partial charge on any atom is -0.481 e. The third kappa shape index (κ3) is 6.21. The van der Waals surface area contributed by atoms with Crippen molar-refractivity contribution in [3.63, 3.8) is 0 Å². The van der Waals surface area contributed by atoms with Crippen LogP contribution in [0.1, 0.15) is 42.5 Å². The van der Waals surface area contributed by atoms with Crippen molar-refractivity contribution in [2.75, 3.05) is 6.54 Å². The molecule has 110 valence electrons. The van der Waals surface area contributed by atoms with Crippen molar-refractivity contribution >= 4 is 35.1 Å². The van der Waals surface area contributed by atoms with Crippen molar-refractivity contribution in [1.29, 1.82) is 0 Å². The van der Waals surface area contributed by atoms with Gasteiger partial charge in [0.1, 0.15) is 10.3 Å². The third-order valence-electron chi connectivity index (χ3n) is 2.66. The Morgan fingerprint density at radius 3 is 2.50 bits per heavy atom. The van der Waals surface area contributed by atoms with E-state index in [2.05, 4.69) is 10.3 Å². The summed E-state index contributed by atoms with van der Waals surface area (Å²) in [4.78, 5) is 25.9. The third-order valence-corrected chi connectivity index (χ3v) is 3.16. The first kappa shape index (κ1) is 16.7. The number of aliphatic carboxylic acids is 1. The van der Waals surface area contributed by atoms with E-state index in [4.69, 9.17) is 28.3 Å². The topological polar surface area (TPSA) is 79.3 Å². The SMILES string of the molecule is O=C(O)CCCCCCNC(=O)c1ccc(Cl)nc1Cl. The Morgan fingerprint density at radius 1 is 1.15 bits per heavy atom. The first-order chi connectivity index (χ1) is 9.50. The number of rotatable bonds is 8. The maximum atomic E-state index is 11.8. The van der Waals surface area contributed by atoms with Gasteiger partial charge < -0.3 is 10.4 Å². The summed E-state index contributed by atoms with van der Waals surface area (Å²) in [5, 5.41) is 11.5. The van der Waals surface area contributed by atoms with E-state index in [1.165, 1.54) is 12.1 Å². The minimum absolute atomic E-state index is 0.0801. The summed E-state index contributed by atoms with van der Waals surface area (Å²) >= 11 is 11.5. The van der Waals surface area contributed by atoms with Crippen molar-refractivity contribution in [3.8, 4) is 0 Å². The minimum atomic E-state index is -0.775. The standard InChI is InChI=1S/C13H16Cl2N2O3/c14-10-7-6-9(12(15)17-10)13(20)16-8-4-2-1-3-5-11(18)19/h6-7H,1-5,8H2,(H,16,20)(H,18,19). The molecule has 0 aliphatic rings. The molecule has 0 saturated heterocycles. The zero-order valence-corrected chi connectivity index (χ0v) is 12.4. The van der Waals surface area contributed by atoms with E-state index < -0.39 is 5.97 Å². The van der Waals surface area contributed by atoms with E-state index in [1.54, 1.807) is 0 Å². The van der Waals surface area contributed by atoms with Crippen molar-refractivity contribution in [2.45, 2.75) is 32.1 Å². The molecule has 0 saturated carbocycles. The van der Waals surface area contributed by atoms with E-state index in [-0.39, 0.29) is 22.6 Å². The molecule has 1 rings (SSSR count). The number of nitrogens with zero attached hydrogens (tertiary/aromatic N) is 1. The van der Waals surface area contributed by atoms with Gasteiger partial charge in [0.05, 0.1) is 5.56 Å². The molecule has 0 aromatic carbocycles. The number of unbranched alkanes of at least 4 members (excludes halogenated alkanes) is 3. The Balaban J connectivity index is 2.22. The zero-order valence-electron chi connectivity index (χ0n) is 10.9. The smallest absolute Gasteiger partial charge is 0.303 e. The fourth-order valence-electron chi connectivity index (χ4n) is 1.63. The van der Waals surface area contributed by atoms with Crippen LogP contribution in [0.5, 0.6) is 0 Å². The first-order valence-corrected chi connectivity index (χ1v) is 7.08. The van der Waals surface area contributed by atoms with E-state index >= 15 is 0 Å². The van der Waals surface area contributed by atoms with Gasteiger partial charge in [0.2, 0.25) is 0 Å². The number of amides is 1. The number of carbonyl (C=O) groups is 2. The van der Waals surface area contributed by atoms with Crippen LogP contribution in [0.4, 0.5) is 0 Å². The number of nitrogens with one attached hydrogen (secondary N) is 1. The Bertz CT molecular complexity index is 481. The van der Waals surface area contributed by atoms with Crippen LogP contribution in [-0.4, -0.2) is 28.5 Å². The van der Waals surface area contributed by atoms with Crippen LogP contribution in [0, 0.1) is 0 Å². The normalized spacial score (nSPS) is 10.3. The van der Waals surface area contributed by atoms with Crippen molar-refractivity contribution < 1.29 is 14.7 Å².